The lowest BCUT2D eigenvalue weighted by Crippen LogP contribution is -2.34. The molecule has 31 heavy (non-hydrogen) atoms. The summed E-state index contributed by atoms with van der Waals surface area (Å²) in [5.41, 5.74) is -0.371. The number of urea groups is 1. The molecule has 0 bridgehead atoms. The number of ether oxygens (including phenoxy) is 1. The number of nitrogens with one attached hydrogen (secondary N) is 4. The topological polar surface area (TPSA) is 104 Å². The second kappa shape index (κ2) is 11.3. The van der Waals surface area contributed by atoms with E-state index >= 15 is 0 Å². The van der Waals surface area contributed by atoms with Gasteiger partial charge in [-0.3, -0.25) is 4.79 Å². The molecular formula is C19H21ClF3N5O3. The molecule has 0 saturated heterocycles. The van der Waals surface area contributed by atoms with Crippen LogP contribution in [0.3, 0.4) is 0 Å². The molecule has 8 nitrogen and oxygen atoms in total. The fourth-order valence-corrected chi connectivity index (χ4v) is 2.57. The Morgan fingerprint density at radius 2 is 1.81 bits per heavy atom. The molecule has 0 fully saturated rings. The zero-order chi connectivity index (χ0) is 22.9. The van der Waals surface area contributed by atoms with Crippen molar-refractivity contribution in [2.24, 2.45) is 0 Å². The molecular weight excluding hydrogens is 439 g/mol. The zero-order valence-electron chi connectivity index (χ0n) is 16.5. The van der Waals surface area contributed by atoms with Gasteiger partial charge in [0.1, 0.15) is 11.6 Å². The first-order chi connectivity index (χ1) is 14.7. The number of aromatic nitrogens is 1. The number of methoxy groups -OCH3 is 1. The summed E-state index contributed by atoms with van der Waals surface area (Å²) in [6.07, 6.45) is -3.80. The third kappa shape index (κ3) is 8.21. The molecule has 0 aliphatic heterocycles. The van der Waals surface area contributed by atoms with Gasteiger partial charge in [0.15, 0.2) is 0 Å². The normalized spacial score (nSPS) is 10.9. The maximum atomic E-state index is 12.6. The first-order valence-electron chi connectivity index (χ1n) is 9.11. The Bertz CT molecular complexity index is 894. The Labute approximate surface area is 181 Å². The highest BCUT2D eigenvalue weighted by Gasteiger charge is 2.31. The van der Waals surface area contributed by atoms with Crippen LogP contribution in [-0.2, 0) is 11.0 Å². The highest BCUT2D eigenvalue weighted by Crippen LogP contribution is 2.32. The lowest BCUT2D eigenvalue weighted by Gasteiger charge is -2.11. The zero-order valence-corrected chi connectivity index (χ0v) is 17.2. The third-order valence-electron chi connectivity index (χ3n) is 3.89. The van der Waals surface area contributed by atoms with Crippen LogP contribution in [0.25, 0.3) is 0 Å². The highest BCUT2D eigenvalue weighted by molar-refractivity contribution is 6.32. The first-order valence-corrected chi connectivity index (χ1v) is 9.49. The van der Waals surface area contributed by atoms with Crippen molar-refractivity contribution in [2.45, 2.75) is 12.6 Å². The van der Waals surface area contributed by atoms with Gasteiger partial charge < -0.3 is 26.0 Å². The van der Waals surface area contributed by atoms with E-state index in [9.17, 15) is 22.8 Å². The van der Waals surface area contributed by atoms with Crippen LogP contribution in [0.4, 0.5) is 29.5 Å². The minimum Gasteiger partial charge on any atom is -0.497 e. The van der Waals surface area contributed by atoms with Crippen molar-refractivity contribution in [1.82, 2.24) is 15.6 Å². The molecule has 2 aromatic rings. The van der Waals surface area contributed by atoms with Gasteiger partial charge in [-0.15, -0.1) is 0 Å². The van der Waals surface area contributed by atoms with Gasteiger partial charge in [-0.25, -0.2) is 9.78 Å². The molecule has 4 N–H and O–H groups in total. The second-order valence-corrected chi connectivity index (χ2v) is 6.60. The van der Waals surface area contributed by atoms with Gasteiger partial charge in [0, 0.05) is 37.9 Å². The molecule has 168 valence electrons. The van der Waals surface area contributed by atoms with Gasteiger partial charge in [0.2, 0.25) is 5.91 Å². The molecule has 0 radical (unpaired) electrons. The number of hydrogen-bond donors (Lipinski definition) is 4. The van der Waals surface area contributed by atoms with Crippen LogP contribution < -0.4 is 26.0 Å². The van der Waals surface area contributed by atoms with E-state index in [1.54, 1.807) is 24.3 Å². The quantitative estimate of drug-likeness (QED) is 0.430. The summed E-state index contributed by atoms with van der Waals surface area (Å²) in [6, 6.07) is 7.07. The summed E-state index contributed by atoms with van der Waals surface area (Å²) in [7, 11) is 1.54. The van der Waals surface area contributed by atoms with Crippen LogP contribution in [0.2, 0.25) is 5.02 Å². The van der Waals surface area contributed by atoms with E-state index in [1.165, 1.54) is 7.11 Å². The number of nitrogens with zero attached hydrogens (tertiary/aromatic N) is 1. The number of rotatable bonds is 9. The molecule has 1 heterocycles. The Morgan fingerprint density at radius 3 is 2.42 bits per heavy atom. The number of carbonyl (C=O) groups is 2. The molecule has 1 aromatic carbocycles. The number of amides is 3. The smallest absolute Gasteiger partial charge is 0.417 e. The predicted molar refractivity (Wildman–Crippen MR) is 110 cm³/mol. The van der Waals surface area contributed by atoms with Gasteiger partial charge in [0.05, 0.1) is 17.7 Å². The van der Waals surface area contributed by atoms with Crippen molar-refractivity contribution in [1.29, 1.82) is 0 Å². The Balaban J connectivity index is 1.62. The van der Waals surface area contributed by atoms with Crippen LogP contribution in [0.5, 0.6) is 5.75 Å². The van der Waals surface area contributed by atoms with E-state index in [-0.39, 0.29) is 42.8 Å². The van der Waals surface area contributed by atoms with Gasteiger partial charge >= 0.3 is 12.2 Å². The summed E-state index contributed by atoms with van der Waals surface area (Å²) in [6.45, 7) is 0.513. The van der Waals surface area contributed by atoms with Gasteiger partial charge in [-0.2, -0.15) is 13.2 Å². The van der Waals surface area contributed by atoms with Crippen molar-refractivity contribution in [3.63, 3.8) is 0 Å². The molecule has 1 aromatic heterocycles. The van der Waals surface area contributed by atoms with E-state index in [0.717, 1.165) is 6.07 Å². The monoisotopic (exact) mass is 459 g/mol. The summed E-state index contributed by atoms with van der Waals surface area (Å²) in [4.78, 5) is 27.2. The predicted octanol–water partition coefficient (Wildman–Crippen LogP) is 3.50. The van der Waals surface area contributed by atoms with E-state index in [1.807, 2.05) is 0 Å². The Hall–Kier alpha value is -3.21. The largest absolute Gasteiger partial charge is 0.497 e. The lowest BCUT2D eigenvalue weighted by molar-refractivity contribution is -0.137. The van der Waals surface area contributed by atoms with Crippen LogP contribution in [0.1, 0.15) is 12.0 Å². The van der Waals surface area contributed by atoms with Crippen LogP contribution in [0, 0.1) is 0 Å². The molecule has 12 heteroatoms. The van der Waals surface area contributed by atoms with Crippen molar-refractivity contribution >= 4 is 35.0 Å². The summed E-state index contributed by atoms with van der Waals surface area (Å²) >= 11 is 5.78. The number of alkyl halides is 3. The molecule has 0 aliphatic rings. The van der Waals surface area contributed by atoms with E-state index in [0.29, 0.717) is 17.6 Å². The Kier molecular flexibility index (Phi) is 8.74. The highest BCUT2D eigenvalue weighted by atomic mass is 35.5. The molecule has 3 amide bonds. The number of benzene rings is 1. The third-order valence-corrected chi connectivity index (χ3v) is 4.18. The van der Waals surface area contributed by atoms with Crippen molar-refractivity contribution in [3.05, 3.63) is 47.1 Å². The number of pyridine rings is 1. The molecule has 2 rings (SSSR count). The van der Waals surface area contributed by atoms with Crippen LogP contribution in [0.15, 0.2) is 36.5 Å². The second-order valence-electron chi connectivity index (χ2n) is 6.19. The molecule has 0 spiro atoms. The van der Waals surface area contributed by atoms with Gasteiger partial charge in [-0.05, 0) is 30.3 Å². The Morgan fingerprint density at radius 1 is 1.10 bits per heavy atom. The van der Waals surface area contributed by atoms with Gasteiger partial charge in [0.25, 0.3) is 0 Å². The standard InChI is InChI=1S/C19H21ClF3N5O3/c1-31-14-4-2-13(3-5-14)28-18(30)26-7-6-16(29)24-8-9-25-17-15(20)10-12(11-27-17)19(21,22)23/h2-5,10-11H,6-9H2,1H3,(H,24,29)(H,25,27)(H2,26,28,30). The SMILES string of the molecule is COc1ccc(NC(=O)NCCC(=O)NCCNc2ncc(C(F)(F)F)cc2Cl)cc1. The first kappa shape index (κ1) is 24.1. The van der Waals surface area contributed by atoms with Crippen molar-refractivity contribution in [3.8, 4) is 5.75 Å². The van der Waals surface area contributed by atoms with Crippen LogP contribution >= 0.6 is 11.6 Å². The maximum Gasteiger partial charge on any atom is 0.417 e. The lowest BCUT2D eigenvalue weighted by atomic mass is 10.3. The molecule has 0 unspecified atom stereocenters. The van der Waals surface area contributed by atoms with Crippen molar-refractivity contribution < 1.29 is 27.5 Å². The number of halogens is 4. The summed E-state index contributed by atoms with van der Waals surface area (Å²) in [5, 5.41) is 10.3. The average molecular weight is 460 g/mol. The summed E-state index contributed by atoms with van der Waals surface area (Å²) in [5.74, 6) is 0.437. The fraction of sp³-hybridized carbons (Fsp3) is 0.316. The van der Waals surface area contributed by atoms with E-state index < -0.39 is 17.8 Å². The molecule has 0 saturated carbocycles. The van der Waals surface area contributed by atoms with Crippen molar-refractivity contribution in [2.75, 3.05) is 37.4 Å². The molecule has 0 atom stereocenters. The summed E-state index contributed by atoms with van der Waals surface area (Å²) < 4.78 is 42.8. The van der Waals surface area contributed by atoms with Crippen LogP contribution in [-0.4, -0.2) is 43.7 Å². The number of hydrogen-bond acceptors (Lipinski definition) is 5. The number of anilines is 2. The van der Waals surface area contributed by atoms with E-state index in [2.05, 4.69) is 26.3 Å². The average Bonchev–Trinajstić information content (AvgIpc) is 2.72. The maximum absolute atomic E-state index is 12.6. The minimum absolute atomic E-state index is 0.0509. The minimum atomic E-state index is -4.53. The van der Waals surface area contributed by atoms with E-state index in [4.69, 9.17) is 16.3 Å². The van der Waals surface area contributed by atoms with Gasteiger partial charge in [-0.1, -0.05) is 11.6 Å². The molecule has 0 aliphatic carbocycles. The number of carbonyl (C=O) groups excluding carboxylic acids is 2. The fourth-order valence-electron chi connectivity index (χ4n) is 2.33.